The van der Waals surface area contributed by atoms with Crippen LogP contribution in [0.4, 0.5) is 0 Å². The van der Waals surface area contributed by atoms with Crippen LogP contribution >= 0.6 is 0 Å². The number of aliphatic hydroxyl groups is 2. The van der Waals surface area contributed by atoms with Crippen molar-refractivity contribution in [1.82, 2.24) is 0 Å². The van der Waals surface area contributed by atoms with E-state index in [1.165, 1.54) is 38.5 Å². The number of carboxylic acid groups (broad SMARTS) is 1. The van der Waals surface area contributed by atoms with Gasteiger partial charge in [0.15, 0.2) is 24.6 Å². The third kappa shape index (κ3) is 44.0. The number of carbonyl (C=O) groups excluding carboxylic acids is 3. The van der Waals surface area contributed by atoms with Crippen LogP contribution in [-0.2, 0) is 42.9 Å². The van der Waals surface area contributed by atoms with Gasteiger partial charge in [0.1, 0.15) is 18.8 Å². The Balaban J connectivity index is 2.68. The van der Waals surface area contributed by atoms with Gasteiger partial charge >= 0.3 is 23.9 Å². The van der Waals surface area contributed by atoms with Gasteiger partial charge in [0.25, 0.3) is 0 Å². The van der Waals surface area contributed by atoms with Crippen molar-refractivity contribution in [2.24, 2.45) is 0 Å². The average molecular weight is 1110 g/mol. The number of ether oxygens (including phenoxy) is 5. The second-order valence-electron chi connectivity index (χ2n) is 20.9. The molecule has 1 heterocycles. The summed E-state index contributed by atoms with van der Waals surface area (Å²) in [5.74, 6) is -3.16. The molecule has 79 heavy (non-hydrogen) atoms. The summed E-state index contributed by atoms with van der Waals surface area (Å²) in [5, 5.41) is 31.5. The Bertz CT molecular complexity index is 1740. The minimum atomic E-state index is -1.91. The molecule has 1 fully saturated rings. The van der Waals surface area contributed by atoms with Crippen molar-refractivity contribution in [3.05, 3.63) is 97.2 Å². The molecule has 12 heteroatoms. The SMILES string of the molecule is CC/C=C\C/C=C\C/C=C\C/C=C\CCCCCCCCC(=O)OCC(COC1OC(C(=O)O)C(O)C(O)C1OC(=O)CCCCCCCCCCCCC)OC(=O)CCCCCCCC/C=C\C/C=C\C/C=C\C/C=C\CC. The molecular weight excluding hydrogens is 997 g/mol. The second-order valence-corrected chi connectivity index (χ2v) is 20.9. The summed E-state index contributed by atoms with van der Waals surface area (Å²) in [6.45, 7) is 5.74. The highest BCUT2D eigenvalue weighted by Crippen LogP contribution is 2.26. The molecule has 1 rings (SSSR count). The van der Waals surface area contributed by atoms with Gasteiger partial charge in [-0.2, -0.15) is 0 Å². The molecule has 12 nitrogen and oxygen atoms in total. The number of aliphatic carboxylic acids is 1. The number of carbonyl (C=O) groups is 4. The number of hydrogen-bond acceptors (Lipinski definition) is 11. The fraction of sp³-hybridized carbons (Fsp3) is 0.701. The third-order valence-corrected chi connectivity index (χ3v) is 13.7. The van der Waals surface area contributed by atoms with Crippen LogP contribution in [0.2, 0.25) is 0 Å². The highest BCUT2D eigenvalue weighted by Gasteiger charge is 2.50. The van der Waals surface area contributed by atoms with Crippen LogP contribution in [0.25, 0.3) is 0 Å². The Labute approximate surface area is 479 Å². The molecule has 3 N–H and O–H groups in total. The van der Waals surface area contributed by atoms with Crippen LogP contribution in [0.3, 0.4) is 0 Å². The molecule has 0 aromatic heterocycles. The number of hydrogen-bond donors (Lipinski definition) is 3. The van der Waals surface area contributed by atoms with Gasteiger partial charge in [-0.25, -0.2) is 4.79 Å². The summed E-state index contributed by atoms with van der Waals surface area (Å²) >= 11 is 0. The lowest BCUT2D eigenvalue weighted by atomic mass is 9.98. The van der Waals surface area contributed by atoms with E-state index in [9.17, 15) is 34.5 Å². The Morgan fingerprint density at radius 3 is 1.22 bits per heavy atom. The number of unbranched alkanes of at least 4 members (excludes halogenated alkanes) is 22. The highest BCUT2D eigenvalue weighted by molar-refractivity contribution is 5.74. The molecule has 0 saturated carbocycles. The maximum atomic E-state index is 13.2. The Hall–Kier alpha value is -4.36. The highest BCUT2D eigenvalue weighted by atomic mass is 16.7. The van der Waals surface area contributed by atoms with E-state index in [2.05, 4.69) is 118 Å². The number of esters is 3. The van der Waals surface area contributed by atoms with Gasteiger partial charge in [0, 0.05) is 19.3 Å². The van der Waals surface area contributed by atoms with Crippen LogP contribution < -0.4 is 0 Å². The van der Waals surface area contributed by atoms with Gasteiger partial charge in [-0.3, -0.25) is 14.4 Å². The number of aliphatic hydroxyl groups excluding tert-OH is 2. The van der Waals surface area contributed by atoms with Crippen molar-refractivity contribution in [3.8, 4) is 0 Å². The largest absolute Gasteiger partial charge is 0.479 e. The first-order chi connectivity index (χ1) is 38.6. The predicted molar refractivity (Wildman–Crippen MR) is 321 cm³/mol. The first-order valence-electron chi connectivity index (χ1n) is 31.2. The quantitative estimate of drug-likeness (QED) is 0.0228. The Morgan fingerprint density at radius 1 is 0.430 bits per heavy atom. The van der Waals surface area contributed by atoms with Crippen molar-refractivity contribution >= 4 is 23.9 Å². The molecule has 0 bridgehead atoms. The van der Waals surface area contributed by atoms with E-state index < -0.39 is 67.3 Å². The van der Waals surface area contributed by atoms with E-state index >= 15 is 0 Å². The topological polar surface area (TPSA) is 175 Å². The molecule has 6 unspecified atom stereocenters. The summed E-state index contributed by atoms with van der Waals surface area (Å²) < 4.78 is 28.5. The lowest BCUT2D eigenvalue weighted by Gasteiger charge is -2.40. The molecule has 0 aliphatic carbocycles. The van der Waals surface area contributed by atoms with Gasteiger partial charge in [0.05, 0.1) is 6.61 Å². The zero-order valence-electron chi connectivity index (χ0n) is 49.6. The van der Waals surface area contributed by atoms with Crippen LogP contribution in [-0.4, -0.2) is 89.2 Å². The number of allylic oxidation sites excluding steroid dienone is 16. The van der Waals surface area contributed by atoms with E-state index in [4.69, 9.17) is 23.7 Å². The summed E-state index contributed by atoms with van der Waals surface area (Å²) in [6.07, 6.45) is 59.4. The third-order valence-electron chi connectivity index (χ3n) is 13.7. The molecule has 0 radical (unpaired) electrons. The molecule has 450 valence electrons. The second kappa shape index (κ2) is 54.2. The summed E-state index contributed by atoms with van der Waals surface area (Å²) in [7, 11) is 0. The molecule has 0 amide bonds. The van der Waals surface area contributed by atoms with Gasteiger partial charge in [-0.15, -0.1) is 0 Å². The molecule has 1 aliphatic heterocycles. The summed E-state index contributed by atoms with van der Waals surface area (Å²) in [6, 6.07) is 0. The van der Waals surface area contributed by atoms with Gasteiger partial charge < -0.3 is 39.0 Å². The zero-order chi connectivity index (χ0) is 57.5. The minimum absolute atomic E-state index is 0.0559. The summed E-state index contributed by atoms with van der Waals surface area (Å²) in [4.78, 5) is 51.2. The van der Waals surface area contributed by atoms with E-state index in [1.54, 1.807) is 0 Å². The van der Waals surface area contributed by atoms with E-state index in [1.807, 2.05) is 0 Å². The van der Waals surface area contributed by atoms with Crippen LogP contribution in [0.1, 0.15) is 252 Å². The lowest BCUT2D eigenvalue weighted by Crippen LogP contribution is -2.61. The minimum Gasteiger partial charge on any atom is -0.479 e. The van der Waals surface area contributed by atoms with Gasteiger partial charge in [0.2, 0.25) is 0 Å². The molecule has 1 aliphatic rings. The van der Waals surface area contributed by atoms with Crippen molar-refractivity contribution in [2.45, 2.75) is 289 Å². The van der Waals surface area contributed by atoms with Crippen molar-refractivity contribution in [1.29, 1.82) is 0 Å². The zero-order valence-corrected chi connectivity index (χ0v) is 49.6. The molecule has 0 aromatic rings. The van der Waals surface area contributed by atoms with Gasteiger partial charge in [-0.1, -0.05) is 234 Å². The maximum absolute atomic E-state index is 13.2. The Kier molecular flexibility index (Phi) is 49.9. The smallest absolute Gasteiger partial charge is 0.335 e. The fourth-order valence-electron chi connectivity index (χ4n) is 8.94. The van der Waals surface area contributed by atoms with E-state index in [0.717, 1.165) is 154 Å². The van der Waals surface area contributed by atoms with E-state index in [0.29, 0.717) is 19.3 Å². The fourth-order valence-corrected chi connectivity index (χ4v) is 8.94. The standard InChI is InChI=1S/C67H110O12/c1-4-7-10-13-16-19-22-24-26-28-30-32-34-36-39-41-44-47-50-53-59(68)75-56-58(77-60(69)54-51-48-45-43-40-37-35-33-31-29-27-25-23-20-17-14-11-8-5-2)57-76-67-65(63(72)62(71)64(79-67)66(73)74)78-61(70)55-52-49-46-42-38-21-18-15-12-9-6-3/h7-8,10-11,16-17,19-20,24-27,30-33,58,62-65,67,71-72H,4-6,9,12-15,18,21-23,28-29,34-57H2,1-3H3,(H,73,74)/b10-7-,11-8-,19-16-,20-17-,26-24-,27-25-,32-30-,33-31-. The van der Waals surface area contributed by atoms with Crippen molar-refractivity contribution < 1.29 is 58.2 Å². The summed E-state index contributed by atoms with van der Waals surface area (Å²) in [5.41, 5.74) is 0. The first kappa shape index (κ1) is 72.7. The first-order valence-corrected chi connectivity index (χ1v) is 31.2. The maximum Gasteiger partial charge on any atom is 0.335 e. The van der Waals surface area contributed by atoms with E-state index in [-0.39, 0.29) is 25.9 Å². The van der Waals surface area contributed by atoms with Crippen molar-refractivity contribution in [3.63, 3.8) is 0 Å². The normalized spacial score (nSPS) is 18.5. The molecular formula is C67H110O12. The van der Waals surface area contributed by atoms with Crippen LogP contribution in [0, 0.1) is 0 Å². The van der Waals surface area contributed by atoms with Crippen LogP contribution in [0.5, 0.6) is 0 Å². The molecule has 1 saturated heterocycles. The molecule has 6 atom stereocenters. The average Bonchev–Trinajstić information content (AvgIpc) is 3.47. The lowest BCUT2D eigenvalue weighted by molar-refractivity contribution is -0.301. The van der Waals surface area contributed by atoms with Gasteiger partial charge in [-0.05, 0) is 96.3 Å². The monoisotopic (exact) mass is 1110 g/mol. The van der Waals surface area contributed by atoms with Crippen molar-refractivity contribution in [2.75, 3.05) is 13.2 Å². The number of carboxylic acids is 1. The predicted octanol–water partition coefficient (Wildman–Crippen LogP) is 16.5. The Morgan fingerprint density at radius 2 is 0.797 bits per heavy atom. The molecule has 0 aromatic carbocycles. The molecule has 0 spiro atoms. The number of rotatable bonds is 52. The van der Waals surface area contributed by atoms with Crippen LogP contribution in [0.15, 0.2) is 97.2 Å².